The highest BCUT2D eigenvalue weighted by Crippen LogP contribution is 2.30. The average molecular weight is 357 g/mol. The summed E-state index contributed by atoms with van der Waals surface area (Å²) in [6.07, 6.45) is 2.78. The first-order valence-electron chi connectivity index (χ1n) is 8.17. The SMILES string of the molecule is CC(C)(C)OC(=O)NCc1ccc(Oc2ccnc3[nH]ccc23)c(F)c1. The molecule has 0 spiro atoms. The molecule has 6 nitrogen and oxygen atoms in total. The number of pyridine rings is 1. The van der Waals surface area contributed by atoms with E-state index in [1.807, 2.05) is 6.07 Å². The minimum Gasteiger partial charge on any atom is -0.453 e. The van der Waals surface area contributed by atoms with Gasteiger partial charge in [-0.15, -0.1) is 0 Å². The number of ether oxygens (including phenoxy) is 2. The molecule has 2 N–H and O–H groups in total. The molecule has 0 fully saturated rings. The standard InChI is InChI=1S/C19H20FN3O3/c1-19(2,3)26-18(24)23-11-12-4-5-16(14(20)10-12)25-15-7-9-22-17-13(15)6-8-21-17/h4-10H,11H2,1-3H3,(H,21,22)(H,23,24). The van der Waals surface area contributed by atoms with Gasteiger partial charge in [0, 0.05) is 18.9 Å². The largest absolute Gasteiger partial charge is 0.453 e. The number of halogens is 1. The van der Waals surface area contributed by atoms with Crippen molar-refractivity contribution in [2.45, 2.75) is 32.9 Å². The molecule has 0 saturated heterocycles. The smallest absolute Gasteiger partial charge is 0.407 e. The zero-order valence-corrected chi connectivity index (χ0v) is 14.8. The Bertz CT molecular complexity index is 931. The number of carbonyl (C=O) groups excluding carboxylic acids is 1. The van der Waals surface area contributed by atoms with E-state index in [0.29, 0.717) is 17.0 Å². The lowest BCUT2D eigenvalue weighted by Gasteiger charge is -2.19. The van der Waals surface area contributed by atoms with E-state index in [1.165, 1.54) is 12.1 Å². The van der Waals surface area contributed by atoms with E-state index in [2.05, 4.69) is 15.3 Å². The topological polar surface area (TPSA) is 76.2 Å². The molecule has 1 amide bonds. The average Bonchev–Trinajstić information content (AvgIpc) is 3.03. The van der Waals surface area contributed by atoms with Crippen LogP contribution in [0.5, 0.6) is 11.5 Å². The number of aromatic nitrogens is 2. The van der Waals surface area contributed by atoms with Crippen molar-refractivity contribution in [2.24, 2.45) is 0 Å². The normalized spacial score (nSPS) is 11.4. The third-order valence-corrected chi connectivity index (χ3v) is 3.47. The van der Waals surface area contributed by atoms with Crippen molar-refractivity contribution in [2.75, 3.05) is 0 Å². The number of H-pyrrole nitrogens is 1. The van der Waals surface area contributed by atoms with Crippen molar-refractivity contribution in [3.05, 3.63) is 54.1 Å². The summed E-state index contributed by atoms with van der Waals surface area (Å²) < 4.78 is 25.2. The minimum absolute atomic E-state index is 0.0970. The number of rotatable bonds is 4. The summed E-state index contributed by atoms with van der Waals surface area (Å²) in [6.45, 7) is 5.49. The maximum Gasteiger partial charge on any atom is 0.407 e. The third kappa shape index (κ3) is 4.30. The lowest BCUT2D eigenvalue weighted by molar-refractivity contribution is 0.0523. The Balaban J connectivity index is 1.68. The van der Waals surface area contributed by atoms with Crippen molar-refractivity contribution in [1.82, 2.24) is 15.3 Å². The van der Waals surface area contributed by atoms with Gasteiger partial charge in [-0.2, -0.15) is 0 Å². The number of benzene rings is 1. The molecule has 0 aliphatic carbocycles. The molecule has 26 heavy (non-hydrogen) atoms. The number of nitrogens with zero attached hydrogens (tertiary/aromatic N) is 1. The molecule has 0 atom stereocenters. The van der Waals surface area contributed by atoms with Gasteiger partial charge >= 0.3 is 6.09 Å². The molecule has 0 aliphatic heterocycles. The van der Waals surface area contributed by atoms with Gasteiger partial charge < -0.3 is 19.8 Å². The molecule has 0 radical (unpaired) electrons. The third-order valence-electron chi connectivity index (χ3n) is 3.47. The van der Waals surface area contributed by atoms with Gasteiger partial charge in [-0.05, 0) is 50.6 Å². The van der Waals surface area contributed by atoms with Gasteiger partial charge in [-0.3, -0.25) is 0 Å². The summed E-state index contributed by atoms with van der Waals surface area (Å²) >= 11 is 0. The summed E-state index contributed by atoms with van der Waals surface area (Å²) in [4.78, 5) is 18.8. The van der Waals surface area contributed by atoms with Crippen molar-refractivity contribution in [3.8, 4) is 11.5 Å². The molecule has 3 aromatic rings. The number of aromatic amines is 1. The van der Waals surface area contributed by atoms with Gasteiger partial charge in [0.05, 0.1) is 5.39 Å². The van der Waals surface area contributed by atoms with Crippen LogP contribution in [0.1, 0.15) is 26.3 Å². The molecule has 0 bridgehead atoms. The fourth-order valence-electron chi connectivity index (χ4n) is 2.37. The second-order valence-electron chi connectivity index (χ2n) is 6.77. The second-order valence-corrected chi connectivity index (χ2v) is 6.77. The Morgan fingerprint density at radius 3 is 2.77 bits per heavy atom. The molecule has 0 saturated carbocycles. The quantitative estimate of drug-likeness (QED) is 0.720. The monoisotopic (exact) mass is 357 g/mol. The Morgan fingerprint density at radius 2 is 2.04 bits per heavy atom. The van der Waals surface area contributed by atoms with Gasteiger partial charge in [0.1, 0.15) is 17.0 Å². The molecule has 2 aromatic heterocycles. The predicted octanol–water partition coefficient (Wildman–Crippen LogP) is 4.52. The summed E-state index contributed by atoms with van der Waals surface area (Å²) in [5, 5.41) is 3.36. The van der Waals surface area contributed by atoms with Crippen LogP contribution in [-0.4, -0.2) is 21.7 Å². The number of fused-ring (bicyclic) bond motifs is 1. The summed E-state index contributed by atoms with van der Waals surface area (Å²) in [7, 11) is 0. The number of hydrogen-bond donors (Lipinski definition) is 2. The van der Waals surface area contributed by atoms with Crippen molar-refractivity contribution in [1.29, 1.82) is 0 Å². The number of carbonyl (C=O) groups is 1. The molecular weight excluding hydrogens is 337 g/mol. The van der Waals surface area contributed by atoms with Crippen molar-refractivity contribution < 1.29 is 18.7 Å². The summed E-state index contributed by atoms with van der Waals surface area (Å²) in [5.41, 5.74) is 0.685. The lowest BCUT2D eigenvalue weighted by atomic mass is 10.2. The van der Waals surface area contributed by atoms with Crippen molar-refractivity contribution in [3.63, 3.8) is 0 Å². The first kappa shape index (κ1) is 17.7. The highest BCUT2D eigenvalue weighted by atomic mass is 19.1. The van der Waals surface area contributed by atoms with E-state index < -0.39 is 17.5 Å². The van der Waals surface area contributed by atoms with E-state index in [-0.39, 0.29) is 12.3 Å². The zero-order chi connectivity index (χ0) is 18.7. The second kappa shape index (κ2) is 7.03. The van der Waals surface area contributed by atoms with Crippen LogP contribution >= 0.6 is 0 Å². The minimum atomic E-state index is -0.582. The van der Waals surface area contributed by atoms with E-state index >= 15 is 0 Å². The maximum absolute atomic E-state index is 14.4. The molecular formula is C19H20FN3O3. The fourth-order valence-corrected chi connectivity index (χ4v) is 2.37. The molecule has 1 aromatic carbocycles. The molecule has 0 unspecified atom stereocenters. The highest BCUT2D eigenvalue weighted by Gasteiger charge is 2.16. The Hall–Kier alpha value is -3.09. The molecule has 0 aliphatic rings. The van der Waals surface area contributed by atoms with Gasteiger partial charge in [0.25, 0.3) is 0 Å². The number of hydrogen-bond acceptors (Lipinski definition) is 4. The summed E-state index contributed by atoms with van der Waals surface area (Å²) in [6, 6.07) is 8.02. The Labute approximate surface area is 150 Å². The van der Waals surface area contributed by atoms with Crippen LogP contribution in [0.15, 0.2) is 42.7 Å². The van der Waals surface area contributed by atoms with Gasteiger partial charge in [-0.25, -0.2) is 14.2 Å². The highest BCUT2D eigenvalue weighted by molar-refractivity contribution is 5.82. The first-order chi connectivity index (χ1) is 12.3. The lowest BCUT2D eigenvalue weighted by Crippen LogP contribution is -2.32. The van der Waals surface area contributed by atoms with Crippen LogP contribution in [0.2, 0.25) is 0 Å². The number of alkyl carbamates (subject to hydrolysis) is 1. The van der Waals surface area contributed by atoms with Gasteiger partial charge in [0.2, 0.25) is 0 Å². The fraction of sp³-hybridized carbons (Fsp3) is 0.263. The molecule has 7 heteroatoms. The van der Waals surface area contributed by atoms with Crippen LogP contribution in [0.25, 0.3) is 11.0 Å². The molecule has 2 heterocycles. The Kier molecular flexibility index (Phi) is 4.79. The number of amides is 1. The Morgan fingerprint density at radius 1 is 1.23 bits per heavy atom. The summed E-state index contributed by atoms with van der Waals surface area (Å²) in [5.74, 6) is 0.0866. The van der Waals surface area contributed by atoms with Crippen LogP contribution in [-0.2, 0) is 11.3 Å². The zero-order valence-electron chi connectivity index (χ0n) is 14.8. The van der Waals surface area contributed by atoms with Gasteiger partial charge in [0.15, 0.2) is 11.6 Å². The van der Waals surface area contributed by atoms with E-state index in [9.17, 15) is 9.18 Å². The van der Waals surface area contributed by atoms with Crippen LogP contribution in [0.4, 0.5) is 9.18 Å². The van der Waals surface area contributed by atoms with Crippen molar-refractivity contribution >= 4 is 17.1 Å². The first-order valence-corrected chi connectivity index (χ1v) is 8.17. The van der Waals surface area contributed by atoms with Crippen LogP contribution < -0.4 is 10.1 Å². The van der Waals surface area contributed by atoms with E-state index in [4.69, 9.17) is 9.47 Å². The van der Waals surface area contributed by atoms with E-state index in [0.717, 1.165) is 5.39 Å². The van der Waals surface area contributed by atoms with E-state index in [1.54, 1.807) is 45.3 Å². The predicted molar refractivity (Wildman–Crippen MR) is 95.6 cm³/mol. The van der Waals surface area contributed by atoms with Gasteiger partial charge in [-0.1, -0.05) is 6.07 Å². The molecule has 3 rings (SSSR count). The maximum atomic E-state index is 14.4. The van der Waals surface area contributed by atoms with Crippen LogP contribution in [0.3, 0.4) is 0 Å². The van der Waals surface area contributed by atoms with Crippen LogP contribution in [0, 0.1) is 5.82 Å². The number of nitrogens with one attached hydrogen (secondary N) is 2. The molecule has 136 valence electrons.